The highest BCUT2D eigenvalue weighted by atomic mass is 16.3. The van der Waals surface area contributed by atoms with Gasteiger partial charge < -0.3 is 20.2 Å². The van der Waals surface area contributed by atoms with E-state index in [1.807, 2.05) is 31.0 Å². The van der Waals surface area contributed by atoms with E-state index >= 15 is 0 Å². The molecule has 3 N–H and O–H groups in total. The van der Waals surface area contributed by atoms with Crippen molar-refractivity contribution >= 4 is 17.6 Å². The second-order valence-corrected chi connectivity index (χ2v) is 8.61. The number of aryl methyl sites for hydroxylation is 3. The van der Waals surface area contributed by atoms with Crippen molar-refractivity contribution in [1.29, 1.82) is 0 Å². The van der Waals surface area contributed by atoms with Gasteiger partial charge >= 0.3 is 0 Å². The lowest BCUT2D eigenvalue weighted by atomic mass is 9.89. The van der Waals surface area contributed by atoms with E-state index in [9.17, 15) is 14.7 Å². The summed E-state index contributed by atoms with van der Waals surface area (Å²) in [5.74, 6) is 0.678. The van der Waals surface area contributed by atoms with Crippen molar-refractivity contribution in [3.8, 4) is 0 Å². The van der Waals surface area contributed by atoms with Crippen LogP contribution in [0.1, 0.15) is 39.5 Å². The first kappa shape index (κ1) is 21.3. The molecule has 2 aromatic rings. The van der Waals surface area contributed by atoms with E-state index in [0.717, 1.165) is 35.6 Å². The number of carbonyl (C=O) groups excluding carboxylic acids is 2. The van der Waals surface area contributed by atoms with Crippen LogP contribution in [-0.2, 0) is 10.3 Å². The van der Waals surface area contributed by atoms with Crippen molar-refractivity contribution in [2.24, 2.45) is 0 Å². The molecule has 4 rings (SSSR count). The lowest BCUT2D eigenvalue weighted by molar-refractivity contribution is -0.124. The van der Waals surface area contributed by atoms with Gasteiger partial charge in [-0.3, -0.25) is 14.9 Å². The minimum atomic E-state index is -1.08. The molecule has 2 atom stereocenters. The number of anilines is 1. The van der Waals surface area contributed by atoms with Crippen LogP contribution in [0.15, 0.2) is 30.5 Å². The highest BCUT2D eigenvalue weighted by molar-refractivity contribution is 5.96. The van der Waals surface area contributed by atoms with Crippen LogP contribution >= 0.6 is 0 Å². The average molecular weight is 424 g/mol. The predicted molar refractivity (Wildman–Crippen MR) is 118 cm³/mol. The molecule has 2 aliphatic heterocycles. The van der Waals surface area contributed by atoms with E-state index in [2.05, 4.69) is 33.5 Å². The number of nitrogens with one attached hydrogen (secondary N) is 2. The van der Waals surface area contributed by atoms with Gasteiger partial charge in [0.25, 0.3) is 5.91 Å². The summed E-state index contributed by atoms with van der Waals surface area (Å²) in [5, 5.41) is 15.0. The Hall–Kier alpha value is -2.97. The zero-order valence-electron chi connectivity index (χ0n) is 18.4. The minimum Gasteiger partial charge on any atom is -0.361 e. The van der Waals surface area contributed by atoms with Crippen molar-refractivity contribution in [3.05, 3.63) is 58.3 Å². The van der Waals surface area contributed by atoms with Crippen LogP contribution < -0.4 is 15.5 Å². The Kier molecular flexibility index (Phi) is 5.45. The summed E-state index contributed by atoms with van der Waals surface area (Å²) in [7, 11) is 0. The molecule has 164 valence electrons. The number of hydrogen-bond donors (Lipinski definition) is 3. The average Bonchev–Trinajstić information content (AvgIpc) is 3.00. The number of aliphatic hydroxyl groups is 1. The van der Waals surface area contributed by atoms with Gasteiger partial charge in [0.1, 0.15) is 11.4 Å². The number of pyridine rings is 1. The van der Waals surface area contributed by atoms with Crippen molar-refractivity contribution in [1.82, 2.24) is 20.5 Å². The molecule has 1 unspecified atom stereocenters. The zero-order valence-corrected chi connectivity index (χ0v) is 18.4. The minimum absolute atomic E-state index is 0.00805. The van der Waals surface area contributed by atoms with Crippen molar-refractivity contribution in [3.63, 3.8) is 0 Å². The quantitative estimate of drug-likeness (QED) is 0.686. The topological polar surface area (TPSA) is 97.8 Å². The predicted octanol–water partition coefficient (Wildman–Crippen LogP) is 1.18. The third-order valence-corrected chi connectivity index (χ3v) is 6.24. The second-order valence-electron chi connectivity index (χ2n) is 8.61. The third kappa shape index (κ3) is 3.88. The lowest BCUT2D eigenvalue weighted by Gasteiger charge is -2.36. The standard InChI is InChI=1S/C23H29N5O3/c1-14-11-16(3)19(24-13-14)27-7-9-28(10-8-27)20(29)18-6-5-17(12-15(18)2)23(4)21(30)25-22(31)26-23/h5-6,11-13,22,26,31H,7-10H2,1-4H3,(H,25,30)/t22?,23-/m1/s1. The Morgan fingerprint density at radius 2 is 1.84 bits per heavy atom. The van der Waals surface area contributed by atoms with Crippen LogP contribution in [0.3, 0.4) is 0 Å². The first-order valence-electron chi connectivity index (χ1n) is 10.5. The maximum atomic E-state index is 13.2. The van der Waals surface area contributed by atoms with Gasteiger partial charge in [0, 0.05) is 37.9 Å². The van der Waals surface area contributed by atoms with Crippen LogP contribution in [0, 0.1) is 20.8 Å². The Labute approximate surface area is 182 Å². The Bertz CT molecular complexity index is 1030. The number of rotatable bonds is 3. The van der Waals surface area contributed by atoms with Gasteiger partial charge in [-0.15, -0.1) is 0 Å². The molecular weight excluding hydrogens is 394 g/mol. The SMILES string of the molecule is Cc1cnc(N2CCN(C(=O)c3ccc([C@@]4(C)NC(O)NC4=O)cc3C)CC2)c(C)c1. The maximum Gasteiger partial charge on any atom is 0.254 e. The van der Waals surface area contributed by atoms with Gasteiger partial charge in [0.2, 0.25) is 5.91 Å². The van der Waals surface area contributed by atoms with Gasteiger partial charge in [-0.05, 0) is 56.0 Å². The number of piperazine rings is 1. The monoisotopic (exact) mass is 423 g/mol. The van der Waals surface area contributed by atoms with Gasteiger partial charge in [-0.2, -0.15) is 0 Å². The van der Waals surface area contributed by atoms with Gasteiger partial charge in [0.05, 0.1) is 0 Å². The second kappa shape index (κ2) is 7.94. The van der Waals surface area contributed by atoms with E-state index in [1.54, 1.807) is 19.1 Å². The number of amides is 2. The van der Waals surface area contributed by atoms with Gasteiger partial charge in [0.15, 0.2) is 6.35 Å². The van der Waals surface area contributed by atoms with Crippen LogP contribution in [0.25, 0.3) is 0 Å². The van der Waals surface area contributed by atoms with Crippen molar-refractivity contribution in [2.75, 3.05) is 31.1 Å². The maximum absolute atomic E-state index is 13.2. The van der Waals surface area contributed by atoms with Crippen LogP contribution in [0.2, 0.25) is 0 Å². The van der Waals surface area contributed by atoms with Crippen LogP contribution in [0.4, 0.5) is 5.82 Å². The normalized spacial score (nSPS) is 23.8. The Morgan fingerprint density at radius 1 is 1.13 bits per heavy atom. The van der Waals surface area contributed by atoms with E-state index in [1.165, 1.54) is 0 Å². The number of carbonyl (C=O) groups is 2. The fourth-order valence-electron chi connectivity index (χ4n) is 4.40. The summed E-state index contributed by atoms with van der Waals surface area (Å²) >= 11 is 0. The molecule has 2 saturated heterocycles. The molecule has 8 nitrogen and oxygen atoms in total. The summed E-state index contributed by atoms with van der Waals surface area (Å²) < 4.78 is 0. The molecule has 0 aliphatic carbocycles. The number of nitrogens with zero attached hydrogens (tertiary/aromatic N) is 3. The smallest absolute Gasteiger partial charge is 0.254 e. The largest absolute Gasteiger partial charge is 0.361 e. The molecule has 2 aliphatic rings. The zero-order chi connectivity index (χ0) is 22.3. The number of aromatic nitrogens is 1. The lowest BCUT2D eigenvalue weighted by Crippen LogP contribution is -2.49. The van der Waals surface area contributed by atoms with Crippen molar-refractivity contribution < 1.29 is 14.7 Å². The first-order valence-corrected chi connectivity index (χ1v) is 10.5. The molecule has 3 heterocycles. The third-order valence-electron chi connectivity index (χ3n) is 6.24. The molecule has 0 saturated carbocycles. The van der Waals surface area contributed by atoms with E-state index in [0.29, 0.717) is 24.2 Å². The highest BCUT2D eigenvalue weighted by Gasteiger charge is 2.43. The number of benzene rings is 1. The van der Waals surface area contributed by atoms with Crippen LogP contribution in [-0.4, -0.2) is 59.3 Å². The summed E-state index contributed by atoms with van der Waals surface area (Å²) in [4.78, 5) is 34.1. The molecule has 8 heteroatoms. The molecule has 1 aromatic carbocycles. The Balaban J connectivity index is 1.46. The molecule has 0 bridgehead atoms. The van der Waals surface area contributed by atoms with Crippen LogP contribution in [0.5, 0.6) is 0 Å². The molecular formula is C23H29N5O3. The fraction of sp³-hybridized carbons (Fsp3) is 0.435. The Morgan fingerprint density at radius 3 is 2.42 bits per heavy atom. The molecule has 0 spiro atoms. The van der Waals surface area contributed by atoms with E-state index in [-0.39, 0.29) is 11.8 Å². The molecule has 1 aromatic heterocycles. The van der Waals surface area contributed by atoms with Gasteiger partial charge in [-0.25, -0.2) is 4.98 Å². The molecule has 0 radical (unpaired) electrons. The summed E-state index contributed by atoms with van der Waals surface area (Å²) in [6.07, 6.45) is 0.797. The summed E-state index contributed by atoms with van der Waals surface area (Å²) in [5.41, 5.74) is 3.40. The molecule has 31 heavy (non-hydrogen) atoms. The number of hydrogen-bond acceptors (Lipinski definition) is 6. The number of aliphatic hydroxyl groups excluding tert-OH is 1. The highest BCUT2D eigenvalue weighted by Crippen LogP contribution is 2.28. The molecule has 2 amide bonds. The van der Waals surface area contributed by atoms with Gasteiger partial charge in [-0.1, -0.05) is 18.2 Å². The summed E-state index contributed by atoms with van der Waals surface area (Å²) in [6, 6.07) is 7.52. The fourth-order valence-corrected chi connectivity index (χ4v) is 4.40. The van der Waals surface area contributed by atoms with E-state index in [4.69, 9.17) is 0 Å². The van der Waals surface area contributed by atoms with Crippen molar-refractivity contribution in [2.45, 2.75) is 39.6 Å². The first-order chi connectivity index (χ1) is 14.7. The van der Waals surface area contributed by atoms with E-state index < -0.39 is 11.9 Å². The summed E-state index contributed by atoms with van der Waals surface area (Å²) in [6.45, 7) is 10.4. The molecule has 2 fully saturated rings.